The van der Waals surface area contributed by atoms with Gasteiger partial charge in [-0.2, -0.15) is 13.9 Å². The van der Waals surface area contributed by atoms with Crippen LogP contribution in [0.1, 0.15) is 29.1 Å². The minimum atomic E-state index is -2.68. The molecule has 150 valence electrons. The average Bonchev–Trinajstić information content (AvgIpc) is 3.29. The Morgan fingerprint density at radius 2 is 1.75 bits per heavy atom. The van der Waals surface area contributed by atoms with Crippen molar-refractivity contribution in [3.63, 3.8) is 0 Å². The number of nitrogens with zero attached hydrogens (tertiary/aromatic N) is 4. The van der Waals surface area contributed by atoms with E-state index >= 15 is 0 Å². The van der Waals surface area contributed by atoms with Crippen LogP contribution < -0.4 is 0 Å². The number of aryl methyl sites for hydroxylation is 1. The van der Waals surface area contributed by atoms with Crippen molar-refractivity contribution in [1.82, 2.24) is 19.6 Å². The first kappa shape index (κ1) is 19.1. The summed E-state index contributed by atoms with van der Waals surface area (Å²) in [5.74, 6) is 1.02. The summed E-state index contributed by atoms with van der Waals surface area (Å²) in [6, 6.07) is 10.4. The van der Waals surface area contributed by atoms with Gasteiger partial charge in [0.25, 0.3) is 0 Å². The molecule has 28 heavy (non-hydrogen) atoms. The molecule has 0 N–H and O–H groups in total. The van der Waals surface area contributed by atoms with Crippen molar-refractivity contribution in [3.8, 4) is 0 Å². The Morgan fingerprint density at radius 3 is 2.32 bits per heavy atom. The van der Waals surface area contributed by atoms with Crippen LogP contribution in [0.25, 0.3) is 0 Å². The Kier molecular flexibility index (Phi) is 5.19. The highest BCUT2D eigenvalue weighted by atomic mass is 19.3. The number of carbonyl (C=O) groups excluding carboxylic acids is 1. The summed E-state index contributed by atoms with van der Waals surface area (Å²) in [4.78, 5) is 17.2. The van der Waals surface area contributed by atoms with Gasteiger partial charge in [-0.1, -0.05) is 30.3 Å². The molecule has 4 rings (SSSR count). The summed E-state index contributed by atoms with van der Waals surface area (Å²) < 4.78 is 26.7. The van der Waals surface area contributed by atoms with E-state index in [0.717, 1.165) is 32.7 Å². The first-order valence-electron chi connectivity index (χ1n) is 9.79. The van der Waals surface area contributed by atoms with Crippen molar-refractivity contribution >= 4 is 5.91 Å². The summed E-state index contributed by atoms with van der Waals surface area (Å²) in [7, 11) is 0. The summed E-state index contributed by atoms with van der Waals surface area (Å²) >= 11 is 0. The Balaban J connectivity index is 1.34. The van der Waals surface area contributed by atoms with Gasteiger partial charge in [-0.25, -0.2) is 4.68 Å². The number of benzene rings is 1. The zero-order valence-electron chi connectivity index (χ0n) is 16.3. The standard InChI is InChI=1S/C21H26F2N4O/c1-14-19(15(2)27(24-14)21(22)23)8-20(28)26-12-17-10-25(11-18(17)13-26)9-16-6-4-3-5-7-16/h3-7,17-18,21H,8-13H2,1-2H3/t17-,18+. The second kappa shape index (κ2) is 7.62. The monoisotopic (exact) mass is 388 g/mol. The van der Waals surface area contributed by atoms with Crippen LogP contribution in [0.3, 0.4) is 0 Å². The number of aromatic nitrogens is 2. The van der Waals surface area contributed by atoms with E-state index in [-0.39, 0.29) is 12.3 Å². The smallest absolute Gasteiger partial charge is 0.333 e. The highest BCUT2D eigenvalue weighted by Gasteiger charge is 2.41. The maximum absolute atomic E-state index is 13.0. The predicted molar refractivity (Wildman–Crippen MR) is 102 cm³/mol. The molecule has 0 unspecified atom stereocenters. The van der Waals surface area contributed by atoms with E-state index in [2.05, 4.69) is 34.3 Å². The van der Waals surface area contributed by atoms with Crippen LogP contribution in [0.15, 0.2) is 30.3 Å². The van der Waals surface area contributed by atoms with Crippen molar-refractivity contribution in [2.24, 2.45) is 11.8 Å². The minimum absolute atomic E-state index is 0.0176. The Bertz CT molecular complexity index is 838. The van der Waals surface area contributed by atoms with Gasteiger partial charge in [-0.05, 0) is 31.2 Å². The number of carbonyl (C=O) groups is 1. The largest absolute Gasteiger partial charge is 0.342 e. The van der Waals surface area contributed by atoms with Crippen molar-refractivity contribution in [2.75, 3.05) is 26.2 Å². The molecule has 7 heteroatoms. The predicted octanol–water partition coefficient (Wildman–Crippen LogP) is 3.03. The SMILES string of the molecule is Cc1nn(C(F)F)c(C)c1CC(=O)N1C[C@H]2CN(Cc3ccccc3)C[C@H]2C1. The van der Waals surface area contributed by atoms with Gasteiger partial charge in [0.05, 0.1) is 12.1 Å². The maximum atomic E-state index is 13.0. The van der Waals surface area contributed by atoms with Crippen LogP contribution in [-0.2, 0) is 17.8 Å². The van der Waals surface area contributed by atoms with Gasteiger partial charge >= 0.3 is 6.55 Å². The number of rotatable bonds is 5. The third-order valence-electron chi connectivity index (χ3n) is 6.15. The topological polar surface area (TPSA) is 41.4 Å². The molecule has 0 bridgehead atoms. The fourth-order valence-corrected chi connectivity index (χ4v) is 4.67. The highest BCUT2D eigenvalue weighted by Crippen LogP contribution is 2.32. The van der Waals surface area contributed by atoms with Gasteiger partial charge in [-0.15, -0.1) is 0 Å². The van der Waals surface area contributed by atoms with Crippen LogP contribution in [0.4, 0.5) is 8.78 Å². The fourth-order valence-electron chi connectivity index (χ4n) is 4.67. The molecular weight excluding hydrogens is 362 g/mol. The molecular formula is C21H26F2N4O. The van der Waals surface area contributed by atoms with Crippen molar-refractivity contribution < 1.29 is 13.6 Å². The van der Waals surface area contributed by atoms with Crippen LogP contribution in [-0.4, -0.2) is 51.7 Å². The molecule has 2 atom stereocenters. The minimum Gasteiger partial charge on any atom is -0.342 e. The molecule has 2 aliphatic heterocycles. The van der Waals surface area contributed by atoms with Gasteiger partial charge in [0.1, 0.15) is 0 Å². The van der Waals surface area contributed by atoms with Gasteiger partial charge in [0, 0.05) is 44.0 Å². The zero-order valence-corrected chi connectivity index (χ0v) is 16.3. The molecule has 1 amide bonds. The second-order valence-electron chi connectivity index (χ2n) is 8.05. The summed E-state index contributed by atoms with van der Waals surface area (Å²) in [6.45, 7) is 5.10. The van der Waals surface area contributed by atoms with E-state index in [9.17, 15) is 13.6 Å². The van der Waals surface area contributed by atoms with E-state index in [1.807, 2.05) is 11.0 Å². The first-order valence-corrected chi connectivity index (χ1v) is 9.79. The Labute approximate surface area is 163 Å². The molecule has 0 saturated carbocycles. The summed E-state index contributed by atoms with van der Waals surface area (Å²) in [5, 5.41) is 3.89. The molecule has 0 radical (unpaired) electrons. The van der Waals surface area contributed by atoms with Crippen molar-refractivity contribution in [3.05, 3.63) is 52.8 Å². The first-order chi connectivity index (χ1) is 13.4. The van der Waals surface area contributed by atoms with Crippen LogP contribution >= 0.6 is 0 Å². The summed E-state index contributed by atoms with van der Waals surface area (Å²) in [5.41, 5.74) is 2.85. The number of fused-ring (bicyclic) bond motifs is 1. The molecule has 0 spiro atoms. The number of hydrogen-bond acceptors (Lipinski definition) is 3. The van der Waals surface area contributed by atoms with Gasteiger partial charge < -0.3 is 4.90 Å². The molecule has 3 heterocycles. The number of hydrogen-bond donors (Lipinski definition) is 0. The van der Waals surface area contributed by atoms with E-state index in [0.29, 0.717) is 33.5 Å². The van der Waals surface area contributed by atoms with Crippen LogP contribution in [0.5, 0.6) is 0 Å². The third-order valence-corrected chi connectivity index (χ3v) is 6.15. The lowest BCUT2D eigenvalue weighted by Crippen LogP contribution is -2.34. The molecule has 0 aliphatic carbocycles. The molecule has 2 fully saturated rings. The normalized spacial score (nSPS) is 22.2. The van der Waals surface area contributed by atoms with Gasteiger partial charge in [-0.3, -0.25) is 9.69 Å². The van der Waals surface area contributed by atoms with Gasteiger partial charge in [0.15, 0.2) is 0 Å². The molecule has 2 saturated heterocycles. The lowest BCUT2D eigenvalue weighted by atomic mass is 10.0. The molecule has 1 aromatic carbocycles. The number of likely N-dealkylation sites (tertiary alicyclic amines) is 2. The number of alkyl halides is 2. The van der Waals surface area contributed by atoms with Gasteiger partial charge in [0.2, 0.25) is 5.91 Å². The molecule has 5 nitrogen and oxygen atoms in total. The lowest BCUT2D eigenvalue weighted by molar-refractivity contribution is -0.129. The van der Waals surface area contributed by atoms with Crippen molar-refractivity contribution in [1.29, 1.82) is 0 Å². The fraction of sp³-hybridized carbons (Fsp3) is 0.524. The maximum Gasteiger partial charge on any atom is 0.333 e. The van der Waals surface area contributed by atoms with E-state index in [4.69, 9.17) is 0 Å². The molecule has 2 aromatic rings. The number of amides is 1. The zero-order chi connectivity index (χ0) is 19.8. The van der Waals surface area contributed by atoms with Crippen LogP contribution in [0, 0.1) is 25.7 Å². The second-order valence-corrected chi connectivity index (χ2v) is 8.05. The molecule has 1 aromatic heterocycles. The van der Waals surface area contributed by atoms with E-state index in [1.165, 1.54) is 5.56 Å². The molecule has 2 aliphatic rings. The quantitative estimate of drug-likeness (QED) is 0.791. The van der Waals surface area contributed by atoms with E-state index < -0.39 is 6.55 Å². The van der Waals surface area contributed by atoms with E-state index in [1.54, 1.807) is 13.8 Å². The Hall–Kier alpha value is -2.28. The average molecular weight is 388 g/mol. The lowest BCUT2D eigenvalue weighted by Gasteiger charge is -2.22. The summed E-state index contributed by atoms with van der Waals surface area (Å²) in [6.07, 6.45) is 0.150. The number of halogens is 2. The Morgan fingerprint density at radius 1 is 1.11 bits per heavy atom. The van der Waals surface area contributed by atoms with Crippen LogP contribution in [0.2, 0.25) is 0 Å². The van der Waals surface area contributed by atoms with Crippen molar-refractivity contribution in [2.45, 2.75) is 33.4 Å². The third kappa shape index (κ3) is 3.68. The highest BCUT2D eigenvalue weighted by molar-refractivity contribution is 5.79.